The molecule has 1 aliphatic rings. The Morgan fingerprint density at radius 2 is 2.42 bits per heavy atom. The van der Waals surface area contributed by atoms with Crippen LogP contribution in [0.1, 0.15) is 5.56 Å². The summed E-state index contributed by atoms with van der Waals surface area (Å²) < 4.78 is 5.30. The number of hydrogen-bond donors (Lipinski definition) is 0. The Hall–Kier alpha value is -1.71. The van der Waals surface area contributed by atoms with E-state index in [0.717, 1.165) is 5.56 Å². The smallest absolute Gasteiger partial charge is 0.225 e. The van der Waals surface area contributed by atoms with Crippen molar-refractivity contribution < 1.29 is 4.74 Å². The molecule has 0 atom stereocenters. The minimum Gasteiger partial charge on any atom is -0.473 e. The van der Waals surface area contributed by atoms with Crippen LogP contribution in [0.2, 0.25) is 0 Å². The zero-order chi connectivity index (χ0) is 8.23. The van der Waals surface area contributed by atoms with E-state index in [1.165, 1.54) is 6.33 Å². The highest BCUT2D eigenvalue weighted by Crippen LogP contribution is 2.11. The van der Waals surface area contributed by atoms with Gasteiger partial charge in [0.15, 0.2) is 0 Å². The van der Waals surface area contributed by atoms with Crippen LogP contribution in [0.15, 0.2) is 29.8 Å². The van der Waals surface area contributed by atoms with E-state index in [4.69, 9.17) is 4.74 Å². The molecule has 0 aliphatic carbocycles. The van der Waals surface area contributed by atoms with E-state index in [1.807, 2.05) is 6.08 Å². The maximum Gasteiger partial charge on any atom is 0.225 e. The largest absolute Gasteiger partial charge is 0.473 e. The molecule has 1 aromatic heterocycles. The molecular formula is C8H7N3O. The van der Waals surface area contributed by atoms with Gasteiger partial charge in [-0.1, -0.05) is 0 Å². The first kappa shape index (κ1) is 6.97. The third-order valence-electron chi connectivity index (χ3n) is 1.42. The normalized spacial score (nSPS) is 17.0. The number of aliphatic imine (C=N–C) groups is 1. The lowest BCUT2D eigenvalue weighted by Crippen LogP contribution is -2.01. The van der Waals surface area contributed by atoms with Crippen molar-refractivity contribution in [2.24, 2.45) is 4.99 Å². The lowest BCUT2D eigenvalue weighted by molar-refractivity contribution is 0.346. The molecule has 0 unspecified atom stereocenters. The van der Waals surface area contributed by atoms with E-state index in [0.29, 0.717) is 12.5 Å². The molecule has 0 spiro atoms. The summed E-state index contributed by atoms with van der Waals surface area (Å²) in [5, 5.41) is 0. The topological polar surface area (TPSA) is 47.4 Å². The van der Waals surface area contributed by atoms with Gasteiger partial charge in [-0.15, -0.1) is 0 Å². The van der Waals surface area contributed by atoms with Gasteiger partial charge in [0.25, 0.3) is 0 Å². The van der Waals surface area contributed by atoms with Gasteiger partial charge in [0.05, 0.1) is 5.56 Å². The number of aromatic nitrogens is 2. The van der Waals surface area contributed by atoms with Crippen molar-refractivity contribution in [1.29, 1.82) is 0 Å². The van der Waals surface area contributed by atoms with Gasteiger partial charge >= 0.3 is 0 Å². The van der Waals surface area contributed by atoms with Crippen molar-refractivity contribution in [2.45, 2.75) is 0 Å². The first-order valence-electron chi connectivity index (χ1n) is 3.58. The molecule has 4 nitrogen and oxygen atoms in total. The molecule has 1 aliphatic heterocycles. The second kappa shape index (κ2) is 3.13. The fourth-order valence-electron chi connectivity index (χ4n) is 0.893. The van der Waals surface area contributed by atoms with Crippen molar-refractivity contribution in [3.63, 3.8) is 0 Å². The summed E-state index contributed by atoms with van der Waals surface area (Å²) in [6.07, 6.45) is 8.31. The van der Waals surface area contributed by atoms with E-state index in [9.17, 15) is 0 Å². The fourth-order valence-corrected chi connectivity index (χ4v) is 0.893. The van der Waals surface area contributed by atoms with E-state index < -0.39 is 0 Å². The zero-order valence-electron chi connectivity index (χ0n) is 6.34. The Morgan fingerprint density at radius 1 is 1.42 bits per heavy atom. The predicted octanol–water partition coefficient (Wildman–Crippen LogP) is 0.802. The predicted molar refractivity (Wildman–Crippen MR) is 44.3 cm³/mol. The highest BCUT2D eigenvalue weighted by Gasteiger charge is 2.02. The first-order chi connectivity index (χ1) is 5.97. The summed E-state index contributed by atoms with van der Waals surface area (Å²) in [6, 6.07) is 0. The van der Waals surface area contributed by atoms with Crippen LogP contribution in [0.3, 0.4) is 0 Å². The fraction of sp³-hybridized carbons (Fsp3) is 0.125. The Kier molecular flexibility index (Phi) is 1.82. The average Bonchev–Trinajstić information content (AvgIpc) is 2.06. The molecule has 0 fully saturated rings. The summed E-state index contributed by atoms with van der Waals surface area (Å²) in [7, 11) is 0. The minimum atomic E-state index is 0.501. The van der Waals surface area contributed by atoms with Gasteiger partial charge in [-0.05, 0) is 6.08 Å². The van der Waals surface area contributed by atoms with Crippen molar-refractivity contribution in [2.75, 3.05) is 6.61 Å². The molecule has 0 radical (unpaired) electrons. The number of rotatable bonds is 0. The Balaban J connectivity index is 2.43. The third-order valence-corrected chi connectivity index (χ3v) is 1.42. The summed E-state index contributed by atoms with van der Waals surface area (Å²) in [5.41, 5.74) is 0.807. The van der Waals surface area contributed by atoms with E-state index in [1.54, 1.807) is 18.6 Å². The molecule has 1 aromatic rings. The molecule has 0 amide bonds. The molecule has 12 heavy (non-hydrogen) atoms. The number of hydrogen-bond acceptors (Lipinski definition) is 4. The van der Waals surface area contributed by atoms with Gasteiger partial charge in [-0.2, -0.15) is 0 Å². The zero-order valence-corrected chi connectivity index (χ0v) is 6.34. The maximum absolute atomic E-state index is 5.30. The van der Waals surface area contributed by atoms with Crippen molar-refractivity contribution in [3.05, 3.63) is 30.4 Å². The van der Waals surface area contributed by atoms with Crippen molar-refractivity contribution in [1.82, 2.24) is 9.97 Å². The Bertz CT molecular complexity index is 333. The maximum atomic E-state index is 5.30. The molecule has 2 heterocycles. The molecule has 0 bridgehead atoms. The van der Waals surface area contributed by atoms with Gasteiger partial charge in [-0.25, -0.2) is 9.97 Å². The molecule has 60 valence electrons. The number of ether oxygens (including phenoxy) is 1. The Labute approximate surface area is 69.6 Å². The molecule has 0 aromatic carbocycles. The highest BCUT2D eigenvalue weighted by molar-refractivity contribution is 5.82. The van der Waals surface area contributed by atoms with Crippen LogP contribution in [0.5, 0.6) is 5.88 Å². The average molecular weight is 161 g/mol. The SMILES string of the molecule is C1=N/C=C\COc2ncncc21. The van der Waals surface area contributed by atoms with Crippen LogP contribution in [0, 0.1) is 0 Å². The van der Waals surface area contributed by atoms with E-state index >= 15 is 0 Å². The highest BCUT2D eigenvalue weighted by atomic mass is 16.5. The molecule has 0 saturated heterocycles. The summed E-state index contributed by atoms with van der Waals surface area (Å²) in [6.45, 7) is 0.501. The monoisotopic (exact) mass is 161 g/mol. The molecule has 0 saturated carbocycles. The summed E-state index contributed by atoms with van der Waals surface area (Å²) in [5.74, 6) is 0.582. The Morgan fingerprint density at radius 3 is 3.42 bits per heavy atom. The third kappa shape index (κ3) is 1.32. The summed E-state index contributed by atoms with van der Waals surface area (Å²) >= 11 is 0. The van der Waals surface area contributed by atoms with Crippen LogP contribution in [-0.2, 0) is 0 Å². The van der Waals surface area contributed by atoms with Gasteiger partial charge < -0.3 is 4.74 Å². The lowest BCUT2D eigenvalue weighted by Gasteiger charge is -2.05. The quantitative estimate of drug-likeness (QED) is 0.565. The molecular weight excluding hydrogens is 154 g/mol. The lowest BCUT2D eigenvalue weighted by atomic mass is 10.3. The van der Waals surface area contributed by atoms with E-state index in [-0.39, 0.29) is 0 Å². The van der Waals surface area contributed by atoms with Crippen molar-refractivity contribution in [3.8, 4) is 5.88 Å². The second-order valence-corrected chi connectivity index (χ2v) is 2.26. The standard InChI is InChI=1S/C8H7N3O/c1-2-9-4-7-5-10-6-11-8(7)12-3-1/h1-2,4-6H,3H2/b2-1-,9-4?. The van der Waals surface area contributed by atoms with E-state index in [2.05, 4.69) is 15.0 Å². The van der Waals surface area contributed by atoms with Crippen LogP contribution in [-0.4, -0.2) is 22.8 Å². The molecule has 0 N–H and O–H groups in total. The second-order valence-electron chi connectivity index (χ2n) is 2.26. The van der Waals surface area contributed by atoms with Crippen LogP contribution < -0.4 is 4.74 Å². The number of fused-ring (bicyclic) bond motifs is 1. The van der Waals surface area contributed by atoms with Gasteiger partial charge in [0, 0.05) is 18.6 Å². The number of nitrogens with zero attached hydrogens (tertiary/aromatic N) is 3. The summed E-state index contributed by atoms with van der Waals surface area (Å²) in [4.78, 5) is 11.8. The van der Waals surface area contributed by atoms with Gasteiger partial charge in [-0.3, -0.25) is 4.99 Å². The minimum absolute atomic E-state index is 0.501. The first-order valence-corrected chi connectivity index (χ1v) is 3.58. The molecule has 4 heteroatoms. The van der Waals surface area contributed by atoms with Crippen LogP contribution in [0.4, 0.5) is 0 Å². The van der Waals surface area contributed by atoms with Gasteiger partial charge in [0.1, 0.15) is 12.9 Å². The van der Waals surface area contributed by atoms with Crippen LogP contribution in [0.25, 0.3) is 0 Å². The van der Waals surface area contributed by atoms with Gasteiger partial charge in [0.2, 0.25) is 5.88 Å². The van der Waals surface area contributed by atoms with Crippen molar-refractivity contribution >= 4 is 6.21 Å². The molecule has 2 rings (SSSR count). The van der Waals surface area contributed by atoms with Crippen LogP contribution >= 0.6 is 0 Å².